The molecule has 1 N–H and O–H groups in total. The Morgan fingerprint density at radius 3 is 2.64 bits per heavy atom. The predicted molar refractivity (Wildman–Crippen MR) is 80.4 cm³/mol. The Hall–Kier alpha value is -1.95. The molecule has 3 atom stereocenters. The van der Waals surface area contributed by atoms with E-state index in [1.54, 1.807) is 11.0 Å². The molecule has 1 aromatic carbocycles. The number of nitro groups is 1. The first-order valence-electron chi connectivity index (χ1n) is 7.53. The lowest BCUT2D eigenvalue weighted by Crippen LogP contribution is -2.43. The smallest absolute Gasteiger partial charge is 0.269 e. The topological polar surface area (TPSA) is 83.7 Å². The van der Waals surface area contributed by atoms with E-state index in [1.165, 1.54) is 12.1 Å². The van der Waals surface area contributed by atoms with Crippen molar-refractivity contribution in [2.75, 3.05) is 0 Å². The van der Waals surface area contributed by atoms with Crippen LogP contribution in [0.5, 0.6) is 0 Å². The average Bonchev–Trinajstić information content (AvgIpc) is 2.87. The molecule has 3 unspecified atom stereocenters. The molecule has 2 aliphatic rings. The highest BCUT2D eigenvalue weighted by Gasteiger charge is 2.51. The van der Waals surface area contributed by atoms with Crippen LogP contribution in [0.1, 0.15) is 50.8 Å². The number of aliphatic hydroxyl groups is 1. The van der Waals surface area contributed by atoms with E-state index in [9.17, 15) is 20.0 Å². The van der Waals surface area contributed by atoms with Crippen LogP contribution in [0.4, 0.5) is 5.69 Å². The second-order valence-corrected chi connectivity index (χ2v) is 6.83. The van der Waals surface area contributed by atoms with Gasteiger partial charge in [-0.15, -0.1) is 0 Å². The Morgan fingerprint density at radius 2 is 2.09 bits per heavy atom. The van der Waals surface area contributed by atoms with Gasteiger partial charge in [-0.2, -0.15) is 0 Å². The third kappa shape index (κ3) is 1.94. The van der Waals surface area contributed by atoms with Gasteiger partial charge in [0.2, 0.25) is 5.91 Å². The van der Waals surface area contributed by atoms with E-state index in [0.29, 0.717) is 12.0 Å². The molecule has 0 bridgehead atoms. The SMILES string of the molecule is CC1CCC(=O)N1C1c2cc([N+](=O)[O-])ccc2C(C)(C)C1O. The van der Waals surface area contributed by atoms with Gasteiger partial charge in [0, 0.05) is 30.0 Å². The van der Waals surface area contributed by atoms with Gasteiger partial charge < -0.3 is 10.0 Å². The molecule has 0 spiro atoms. The molecule has 1 fully saturated rings. The number of nitrogens with zero attached hydrogens (tertiary/aromatic N) is 2. The summed E-state index contributed by atoms with van der Waals surface area (Å²) in [5, 5.41) is 21.9. The molecule has 1 saturated heterocycles. The van der Waals surface area contributed by atoms with Crippen molar-refractivity contribution in [2.45, 2.75) is 57.2 Å². The zero-order valence-electron chi connectivity index (χ0n) is 12.9. The molecule has 6 heteroatoms. The highest BCUT2D eigenvalue weighted by Crippen LogP contribution is 2.50. The van der Waals surface area contributed by atoms with Crippen molar-refractivity contribution in [2.24, 2.45) is 0 Å². The van der Waals surface area contributed by atoms with Crippen molar-refractivity contribution >= 4 is 11.6 Å². The number of amides is 1. The number of hydrogen-bond acceptors (Lipinski definition) is 4. The van der Waals surface area contributed by atoms with Crippen LogP contribution in [0.15, 0.2) is 18.2 Å². The Labute approximate surface area is 128 Å². The highest BCUT2D eigenvalue weighted by molar-refractivity contribution is 5.79. The quantitative estimate of drug-likeness (QED) is 0.671. The van der Waals surface area contributed by atoms with Crippen molar-refractivity contribution < 1.29 is 14.8 Å². The van der Waals surface area contributed by atoms with Gasteiger partial charge in [0.1, 0.15) is 0 Å². The van der Waals surface area contributed by atoms with Crippen LogP contribution in [0, 0.1) is 10.1 Å². The Bertz CT molecular complexity index is 656. The summed E-state index contributed by atoms with van der Waals surface area (Å²) in [6, 6.07) is 4.21. The monoisotopic (exact) mass is 304 g/mol. The molecular formula is C16H20N2O4. The lowest BCUT2D eigenvalue weighted by Gasteiger charge is -2.34. The largest absolute Gasteiger partial charge is 0.390 e. The molecular weight excluding hydrogens is 284 g/mol. The molecule has 0 radical (unpaired) electrons. The zero-order valence-corrected chi connectivity index (χ0v) is 12.9. The van der Waals surface area contributed by atoms with Gasteiger partial charge in [-0.05, 0) is 24.5 Å². The maximum Gasteiger partial charge on any atom is 0.269 e. The van der Waals surface area contributed by atoms with Gasteiger partial charge in [-0.3, -0.25) is 14.9 Å². The zero-order chi connectivity index (χ0) is 16.2. The first kappa shape index (κ1) is 15.0. The molecule has 1 aromatic rings. The first-order valence-corrected chi connectivity index (χ1v) is 7.53. The van der Waals surface area contributed by atoms with E-state index in [0.717, 1.165) is 12.0 Å². The number of likely N-dealkylation sites (tertiary alicyclic amines) is 1. The Kier molecular flexibility index (Phi) is 3.25. The van der Waals surface area contributed by atoms with Gasteiger partial charge >= 0.3 is 0 Å². The Morgan fingerprint density at radius 1 is 1.41 bits per heavy atom. The molecule has 1 aliphatic heterocycles. The fourth-order valence-electron chi connectivity index (χ4n) is 3.80. The van der Waals surface area contributed by atoms with E-state index < -0.39 is 22.5 Å². The number of hydrogen-bond donors (Lipinski definition) is 1. The van der Waals surface area contributed by atoms with E-state index in [-0.39, 0.29) is 17.6 Å². The number of benzene rings is 1. The third-order valence-electron chi connectivity index (χ3n) is 5.14. The summed E-state index contributed by atoms with van der Waals surface area (Å²) in [7, 11) is 0. The van der Waals surface area contributed by atoms with Gasteiger partial charge in [-0.1, -0.05) is 19.9 Å². The van der Waals surface area contributed by atoms with Crippen LogP contribution in [-0.4, -0.2) is 33.0 Å². The number of carbonyl (C=O) groups excluding carboxylic acids is 1. The maximum atomic E-state index is 12.2. The molecule has 1 heterocycles. The number of carbonyl (C=O) groups is 1. The molecule has 3 rings (SSSR count). The van der Waals surface area contributed by atoms with Gasteiger partial charge in [0.25, 0.3) is 5.69 Å². The van der Waals surface area contributed by atoms with E-state index in [4.69, 9.17) is 0 Å². The number of aliphatic hydroxyl groups excluding tert-OH is 1. The average molecular weight is 304 g/mol. The molecule has 118 valence electrons. The molecule has 0 aromatic heterocycles. The number of non-ortho nitro benzene ring substituents is 1. The number of nitro benzene ring substituents is 1. The first-order chi connectivity index (χ1) is 10.2. The van der Waals surface area contributed by atoms with E-state index >= 15 is 0 Å². The van der Waals surface area contributed by atoms with Crippen LogP contribution in [-0.2, 0) is 10.2 Å². The molecule has 1 amide bonds. The minimum Gasteiger partial charge on any atom is -0.390 e. The second kappa shape index (κ2) is 4.78. The molecule has 22 heavy (non-hydrogen) atoms. The fraction of sp³-hybridized carbons (Fsp3) is 0.562. The summed E-state index contributed by atoms with van der Waals surface area (Å²) >= 11 is 0. The van der Waals surface area contributed by atoms with E-state index in [1.807, 2.05) is 20.8 Å². The summed E-state index contributed by atoms with van der Waals surface area (Å²) in [4.78, 5) is 24.6. The maximum absolute atomic E-state index is 12.2. The summed E-state index contributed by atoms with van der Waals surface area (Å²) in [5.74, 6) is 0.00621. The minimum absolute atomic E-state index is 0.00621. The van der Waals surface area contributed by atoms with Gasteiger partial charge in [0.15, 0.2) is 0 Å². The standard InChI is InChI=1S/C16H20N2O4/c1-9-4-7-13(19)17(9)14-11-8-10(18(21)22)5-6-12(11)16(2,3)15(14)20/h5-6,8-9,14-15,20H,4,7H2,1-3H3. The molecule has 1 aliphatic carbocycles. The van der Waals surface area contributed by atoms with Crippen molar-refractivity contribution in [3.8, 4) is 0 Å². The summed E-state index contributed by atoms with van der Waals surface area (Å²) in [6.07, 6.45) is 0.455. The highest BCUT2D eigenvalue weighted by atomic mass is 16.6. The second-order valence-electron chi connectivity index (χ2n) is 6.83. The van der Waals surface area contributed by atoms with Crippen LogP contribution in [0.3, 0.4) is 0 Å². The predicted octanol–water partition coefficient (Wildman–Crippen LogP) is 2.30. The van der Waals surface area contributed by atoms with Crippen molar-refractivity contribution in [3.05, 3.63) is 39.4 Å². The normalized spacial score (nSPS) is 29.7. The lowest BCUT2D eigenvalue weighted by molar-refractivity contribution is -0.385. The Balaban J connectivity index is 2.15. The van der Waals surface area contributed by atoms with Crippen molar-refractivity contribution in [3.63, 3.8) is 0 Å². The third-order valence-corrected chi connectivity index (χ3v) is 5.14. The van der Waals surface area contributed by atoms with Gasteiger partial charge in [0.05, 0.1) is 17.1 Å². The van der Waals surface area contributed by atoms with Crippen LogP contribution < -0.4 is 0 Å². The molecule has 0 saturated carbocycles. The summed E-state index contributed by atoms with van der Waals surface area (Å²) in [5.41, 5.74) is 1.03. The molecule has 6 nitrogen and oxygen atoms in total. The van der Waals surface area contributed by atoms with Crippen LogP contribution in [0.25, 0.3) is 0 Å². The minimum atomic E-state index is -0.769. The lowest BCUT2D eigenvalue weighted by atomic mass is 9.84. The van der Waals surface area contributed by atoms with Crippen LogP contribution in [0.2, 0.25) is 0 Å². The van der Waals surface area contributed by atoms with E-state index in [2.05, 4.69) is 0 Å². The fourth-order valence-corrected chi connectivity index (χ4v) is 3.80. The number of fused-ring (bicyclic) bond motifs is 1. The van der Waals surface area contributed by atoms with Crippen molar-refractivity contribution in [1.82, 2.24) is 4.90 Å². The number of rotatable bonds is 2. The van der Waals surface area contributed by atoms with Gasteiger partial charge in [-0.25, -0.2) is 0 Å². The summed E-state index contributed by atoms with van der Waals surface area (Å²) < 4.78 is 0. The van der Waals surface area contributed by atoms with Crippen molar-refractivity contribution in [1.29, 1.82) is 0 Å². The summed E-state index contributed by atoms with van der Waals surface area (Å²) in [6.45, 7) is 5.78. The van der Waals surface area contributed by atoms with Crippen LogP contribution >= 0.6 is 0 Å².